The SMILES string of the molecule is N#C/C(=C/c1ccccc1O)S(=O)(=O)Cc1ccc(Cl)cc1Cl. The van der Waals surface area contributed by atoms with E-state index >= 15 is 0 Å². The number of halogens is 2. The topological polar surface area (TPSA) is 78.2 Å². The Kier molecular flexibility index (Phi) is 5.32. The first kappa shape index (κ1) is 17.4. The minimum absolute atomic E-state index is 0.111. The van der Waals surface area contributed by atoms with Gasteiger partial charge in [-0.3, -0.25) is 0 Å². The molecule has 0 fully saturated rings. The zero-order chi connectivity index (χ0) is 17.0. The van der Waals surface area contributed by atoms with Crippen LogP contribution in [0.25, 0.3) is 6.08 Å². The molecule has 0 amide bonds. The highest BCUT2D eigenvalue weighted by molar-refractivity contribution is 7.95. The van der Waals surface area contributed by atoms with Crippen molar-refractivity contribution in [2.45, 2.75) is 5.75 Å². The van der Waals surface area contributed by atoms with Crippen molar-refractivity contribution in [2.75, 3.05) is 0 Å². The van der Waals surface area contributed by atoms with Gasteiger partial charge in [-0.15, -0.1) is 0 Å². The molecular weight excluding hydrogens is 357 g/mol. The maximum absolute atomic E-state index is 12.4. The zero-order valence-corrected chi connectivity index (χ0v) is 14.0. The van der Waals surface area contributed by atoms with Crippen LogP contribution in [0.2, 0.25) is 10.0 Å². The predicted octanol–water partition coefficient (Wildman–Crippen LogP) is 4.18. The van der Waals surface area contributed by atoms with Crippen molar-refractivity contribution < 1.29 is 13.5 Å². The molecular formula is C16H11Cl2NO3S. The second-order valence-electron chi connectivity index (χ2n) is 4.67. The van der Waals surface area contributed by atoms with E-state index in [1.54, 1.807) is 18.2 Å². The molecule has 0 aromatic heterocycles. The highest BCUT2D eigenvalue weighted by atomic mass is 35.5. The number of aromatic hydroxyl groups is 1. The van der Waals surface area contributed by atoms with Gasteiger partial charge in [0, 0.05) is 15.6 Å². The van der Waals surface area contributed by atoms with E-state index in [9.17, 15) is 18.8 Å². The van der Waals surface area contributed by atoms with Gasteiger partial charge in [0.05, 0.1) is 5.75 Å². The van der Waals surface area contributed by atoms with Gasteiger partial charge in [-0.05, 0) is 29.8 Å². The van der Waals surface area contributed by atoms with Crippen molar-refractivity contribution in [3.05, 3.63) is 68.5 Å². The van der Waals surface area contributed by atoms with Gasteiger partial charge in [0.1, 0.15) is 16.7 Å². The number of nitriles is 1. The van der Waals surface area contributed by atoms with E-state index in [1.807, 2.05) is 0 Å². The third kappa shape index (κ3) is 4.26. The van der Waals surface area contributed by atoms with Crippen LogP contribution in [0.15, 0.2) is 47.4 Å². The molecule has 0 saturated carbocycles. The number of allylic oxidation sites excluding steroid dienone is 1. The number of phenolic OH excluding ortho intramolecular Hbond substituents is 1. The predicted molar refractivity (Wildman–Crippen MR) is 90.8 cm³/mol. The largest absolute Gasteiger partial charge is 0.507 e. The van der Waals surface area contributed by atoms with Gasteiger partial charge in [-0.1, -0.05) is 47.5 Å². The van der Waals surface area contributed by atoms with E-state index in [2.05, 4.69) is 0 Å². The van der Waals surface area contributed by atoms with Crippen molar-refractivity contribution in [1.29, 1.82) is 5.26 Å². The van der Waals surface area contributed by atoms with Gasteiger partial charge in [0.2, 0.25) is 0 Å². The molecule has 0 aliphatic rings. The number of hydrogen-bond acceptors (Lipinski definition) is 4. The van der Waals surface area contributed by atoms with Gasteiger partial charge in [0.15, 0.2) is 9.84 Å². The van der Waals surface area contributed by atoms with Crippen molar-refractivity contribution in [2.24, 2.45) is 0 Å². The van der Waals surface area contributed by atoms with E-state index in [0.29, 0.717) is 10.6 Å². The molecule has 2 rings (SSSR count). The summed E-state index contributed by atoms with van der Waals surface area (Å²) in [6, 6.07) is 12.3. The summed E-state index contributed by atoms with van der Waals surface area (Å²) in [5.74, 6) is -0.546. The van der Waals surface area contributed by atoms with Crippen LogP contribution >= 0.6 is 23.2 Å². The van der Waals surface area contributed by atoms with Crippen molar-refractivity contribution >= 4 is 39.1 Å². The van der Waals surface area contributed by atoms with Crippen LogP contribution in [-0.2, 0) is 15.6 Å². The molecule has 0 spiro atoms. The Morgan fingerprint density at radius 2 is 1.91 bits per heavy atom. The second kappa shape index (κ2) is 7.05. The monoisotopic (exact) mass is 367 g/mol. The molecule has 0 atom stereocenters. The summed E-state index contributed by atoms with van der Waals surface area (Å²) < 4.78 is 24.8. The first-order chi connectivity index (χ1) is 10.8. The lowest BCUT2D eigenvalue weighted by Crippen LogP contribution is -2.07. The molecule has 0 unspecified atom stereocenters. The Labute approximate surface area is 144 Å². The van der Waals surface area contributed by atoms with E-state index in [4.69, 9.17) is 23.2 Å². The smallest absolute Gasteiger partial charge is 0.192 e. The average molecular weight is 368 g/mol. The fraction of sp³-hybridized carbons (Fsp3) is 0.0625. The van der Waals surface area contributed by atoms with Gasteiger partial charge in [-0.2, -0.15) is 5.26 Å². The van der Waals surface area contributed by atoms with Crippen molar-refractivity contribution in [3.63, 3.8) is 0 Å². The van der Waals surface area contributed by atoms with Gasteiger partial charge >= 0.3 is 0 Å². The summed E-state index contributed by atoms with van der Waals surface area (Å²) in [5.41, 5.74) is 0.587. The standard InChI is InChI=1S/C16H11Cl2NO3S/c17-13-6-5-12(15(18)8-13)10-23(21,22)14(9-19)7-11-3-1-2-4-16(11)20/h1-8,20H,10H2/b14-7-. The highest BCUT2D eigenvalue weighted by Crippen LogP contribution is 2.26. The van der Waals surface area contributed by atoms with Crippen LogP contribution in [0.5, 0.6) is 5.75 Å². The van der Waals surface area contributed by atoms with E-state index < -0.39 is 20.5 Å². The molecule has 0 bridgehead atoms. The van der Waals surface area contributed by atoms with Gasteiger partial charge in [0.25, 0.3) is 0 Å². The van der Waals surface area contributed by atoms with Crippen LogP contribution in [0.1, 0.15) is 11.1 Å². The Bertz CT molecular complexity index is 915. The lowest BCUT2D eigenvalue weighted by atomic mass is 10.2. The fourth-order valence-electron chi connectivity index (χ4n) is 1.86. The summed E-state index contributed by atoms with van der Waals surface area (Å²) in [6.07, 6.45) is 1.13. The zero-order valence-electron chi connectivity index (χ0n) is 11.7. The molecule has 23 heavy (non-hydrogen) atoms. The summed E-state index contributed by atoms with van der Waals surface area (Å²) in [6.45, 7) is 0. The van der Waals surface area contributed by atoms with Crippen LogP contribution < -0.4 is 0 Å². The molecule has 0 aliphatic carbocycles. The molecule has 7 heteroatoms. The Balaban J connectivity index is 2.41. The first-order valence-corrected chi connectivity index (χ1v) is 8.81. The van der Waals surface area contributed by atoms with Crippen LogP contribution in [0.3, 0.4) is 0 Å². The molecule has 4 nitrogen and oxygen atoms in total. The van der Waals surface area contributed by atoms with E-state index in [-0.39, 0.29) is 16.3 Å². The summed E-state index contributed by atoms with van der Waals surface area (Å²) in [4.78, 5) is -0.454. The molecule has 118 valence electrons. The summed E-state index contributed by atoms with van der Waals surface area (Å²) in [5, 5.41) is 19.5. The van der Waals surface area contributed by atoms with Crippen LogP contribution in [0.4, 0.5) is 0 Å². The van der Waals surface area contributed by atoms with E-state index in [0.717, 1.165) is 6.08 Å². The first-order valence-electron chi connectivity index (χ1n) is 6.40. The van der Waals surface area contributed by atoms with Gasteiger partial charge in [-0.25, -0.2) is 8.42 Å². The number of phenols is 1. The Hall–Kier alpha value is -2.00. The van der Waals surface area contributed by atoms with Crippen LogP contribution in [-0.4, -0.2) is 13.5 Å². The third-order valence-electron chi connectivity index (χ3n) is 3.03. The molecule has 0 aliphatic heterocycles. The van der Waals surface area contributed by atoms with Gasteiger partial charge < -0.3 is 5.11 Å². The number of benzene rings is 2. The molecule has 0 saturated heterocycles. The maximum atomic E-state index is 12.4. The fourth-order valence-corrected chi connectivity index (χ4v) is 3.68. The minimum Gasteiger partial charge on any atom is -0.507 e. The second-order valence-corrected chi connectivity index (χ2v) is 7.48. The molecule has 2 aromatic rings. The van der Waals surface area contributed by atoms with Crippen molar-refractivity contribution in [1.82, 2.24) is 0 Å². The molecule has 0 radical (unpaired) electrons. The summed E-state index contributed by atoms with van der Waals surface area (Å²) in [7, 11) is -3.91. The number of rotatable bonds is 4. The quantitative estimate of drug-likeness (QED) is 0.822. The van der Waals surface area contributed by atoms with Crippen LogP contribution in [0, 0.1) is 11.3 Å². The number of sulfone groups is 1. The number of para-hydroxylation sites is 1. The lowest BCUT2D eigenvalue weighted by Gasteiger charge is -2.06. The molecule has 2 aromatic carbocycles. The highest BCUT2D eigenvalue weighted by Gasteiger charge is 2.20. The average Bonchev–Trinajstić information content (AvgIpc) is 2.49. The number of nitrogens with zero attached hydrogens (tertiary/aromatic N) is 1. The Morgan fingerprint density at radius 1 is 1.22 bits per heavy atom. The maximum Gasteiger partial charge on any atom is 0.192 e. The normalized spacial score (nSPS) is 12.0. The van der Waals surface area contributed by atoms with Crippen molar-refractivity contribution in [3.8, 4) is 11.8 Å². The summed E-state index contributed by atoms with van der Waals surface area (Å²) >= 11 is 11.8. The molecule has 1 N–H and O–H groups in total. The lowest BCUT2D eigenvalue weighted by molar-refractivity contribution is 0.474. The third-order valence-corrected chi connectivity index (χ3v) is 5.19. The Morgan fingerprint density at radius 3 is 2.52 bits per heavy atom. The molecule has 0 heterocycles. The minimum atomic E-state index is -3.91. The number of hydrogen-bond donors (Lipinski definition) is 1. The van der Waals surface area contributed by atoms with E-state index in [1.165, 1.54) is 30.3 Å².